The molecule has 0 spiro atoms. The second-order valence-electron chi connectivity index (χ2n) is 8.63. The van der Waals surface area contributed by atoms with Crippen LogP contribution < -0.4 is 0 Å². The van der Waals surface area contributed by atoms with E-state index in [0.717, 1.165) is 50.4 Å². The predicted molar refractivity (Wildman–Crippen MR) is 138 cm³/mol. The first kappa shape index (κ1) is 28.2. The SMILES string of the molecule is O=C(O)C=CC(=O)O.O=C1OC(Cc2ccccc2Cl)CN1C(CCN1CCOCC1)c1ccccc1. The molecule has 0 radical (unpaired) electrons. The zero-order valence-corrected chi connectivity index (χ0v) is 21.1. The van der Waals surface area contributed by atoms with Crippen molar-refractivity contribution >= 4 is 29.6 Å². The maximum atomic E-state index is 12.8. The highest BCUT2D eigenvalue weighted by Gasteiger charge is 2.37. The molecule has 2 heterocycles. The van der Waals surface area contributed by atoms with E-state index in [1.807, 2.05) is 47.4 Å². The van der Waals surface area contributed by atoms with Gasteiger partial charge in [0.25, 0.3) is 0 Å². The number of cyclic esters (lactones) is 1. The molecule has 4 rings (SSSR count). The van der Waals surface area contributed by atoms with Crippen molar-refractivity contribution in [1.82, 2.24) is 9.80 Å². The molecule has 10 heteroatoms. The van der Waals surface area contributed by atoms with Crippen LogP contribution in [0.25, 0.3) is 0 Å². The van der Waals surface area contributed by atoms with Gasteiger partial charge in [-0.25, -0.2) is 14.4 Å². The first-order valence-electron chi connectivity index (χ1n) is 12.0. The van der Waals surface area contributed by atoms with Gasteiger partial charge in [-0.05, 0) is 23.6 Å². The van der Waals surface area contributed by atoms with Crippen LogP contribution in [0.3, 0.4) is 0 Å². The number of rotatable bonds is 9. The van der Waals surface area contributed by atoms with Crippen molar-refractivity contribution in [2.45, 2.75) is 25.0 Å². The van der Waals surface area contributed by atoms with Gasteiger partial charge in [0.1, 0.15) is 6.10 Å². The lowest BCUT2D eigenvalue weighted by Gasteiger charge is -2.31. The largest absolute Gasteiger partial charge is 0.478 e. The molecule has 0 saturated carbocycles. The van der Waals surface area contributed by atoms with Gasteiger partial charge in [-0.3, -0.25) is 9.80 Å². The van der Waals surface area contributed by atoms with Crippen molar-refractivity contribution in [3.8, 4) is 0 Å². The average molecular weight is 531 g/mol. The van der Waals surface area contributed by atoms with E-state index in [9.17, 15) is 14.4 Å². The first-order chi connectivity index (χ1) is 17.8. The third-order valence-electron chi connectivity index (χ3n) is 6.06. The number of benzene rings is 2. The van der Waals surface area contributed by atoms with Crippen molar-refractivity contribution in [2.75, 3.05) is 39.4 Å². The molecule has 0 aromatic heterocycles. The fourth-order valence-electron chi connectivity index (χ4n) is 4.26. The van der Waals surface area contributed by atoms with Gasteiger partial charge in [-0.15, -0.1) is 0 Å². The Morgan fingerprint density at radius 2 is 1.62 bits per heavy atom. The zero-order valence-electron chi connectivity index (χ0n) is 20.4. The van der Waals surface area contributed by atoms with Crippen LogP contribution in [0.1, 0.15) is 23.6 Å². The van der Waals surface area contributed by atoms with Gasteiger partial charge in [-0.2, -0.15) is 0 Å². The van der Waals surface area contributed by atoms with E-state index < -0.39 is 11.9 Å². The standard InChI is InChI=1S/C23H27ClN2O3.C4H4O4/c24-21-9-5-4-8-19(21)16-20-17-26(23(27)29-20)22(18-6-2-1-3-7-18)10-11-25-12-14-28-15-13-25;5-3(6)1-2-4(7)8/h1-9,20,22H,10-17H2;1-2H,(H,5,6)(H,7,8). The lowest BCUT2D eigenvalue weighted by atomic mass is 10.0. The molecule has 2 N–H and O–H groups in total. The number of amides is 1. The molecular formula is C27H31ClN2O7. The van der Waals surface area contributed by atoms with Crippen LogP contribution in [0.2, 0.25) is 5.02 Å². The lowest BCUT2D eigenvalue weighted by molar-refractivity contribution is -0.134. The highest BCUT2D eigenvalue weighted by molar-refractivity contribution is 6.31. The number of nitrogens with zero attached hydrogens (tertiary/aromatic N) is 2. The highest BCUT2D eigenvalue weighted by Crippen LogP contribution is 2.31. The summed E-state index contributed by atoms with van der Waals surface area (Å²) < 4.78 is 11.2. The number of aliphatic carboxylic acids is 2. The number of hydrogen-bond acceptors (Lipinski definition) is 6. The van der Waals surface area contributed by atoms with Crippen molar-refractivity contribution < 1.29 is 34.1 Å². The smallest absolute Gasteiger partial charge is 0.410 e. The summed E-state index contributed by atoms with van der Waals surface area (Å²) in [5.41, 5.74) is 2.16. The van der Waals surface area contributed by atoms with Crippen molar-refractivity contribution in [1.29, 1.82) is 0 Å². The van der Waals surface area contributed by atoms with Crippen LogP contribution in [0.5, 0.6) is 0 Å². The van der Waals surface area contributed by atoms with Gasteiger partial charge < -0.3 is 19.7 Å². The Kier molecular flexibility index (Phi) is 10.9. The molecule has 37 heavy (non-hydrogen) atoms. The monoisotopic (exact) mass is 530 g/mol. The average Bonchev–Trinajstić information content (AvgIpc) is 3.25. The molecule has 2 aliphatic heterocycles. The second-order valence-corrected chi connectivity index (χ2v) is 9.04. The minimum atomic E-state index is -1.26. The van der Waals surface area contributed by atoms with Crippen LogP contribution in [0.4, 0.5) is 4.79 Å². The first-order valence-corrected chi connectivity index (χ1v) is 12.4. The third-order valence-corrected chi connectivity index (χ3v) is 6.43. The van der Waals surface area contributed by atoms with Crippen molar-refractivity contribution in [2.24, 2.45) is 0 Å². The summed E-state index contributed by atoms with van der Waals surface area (Å²) in [6.45, 7) is 4.96. The van der Waals surface area contributed by atoms with Crippen LogP contribution in [0.15, 0.2) is 66.7 Å². The number of carboxylic acids is 2. The Hall–Kier alpha value is -3.40. The van der Waals surface area contributed by atoms with E-state index in [1.54, 1.807) is 0 Å². The van der Waals surface area contributed by atoms with Gasteiger partial charge in [0.15, 0.2) is 0 Å². The minimum absolute atomic E-state index is 0.00258. The molecule has 0 aliphatic carbocycles. The van der Waals surface area contributed by atoms with E-state index in [2.05, 4.69) is 17.0 Å². The number of carboxylic acid groups (broad SMARTS) is 2. The second kappa shape index (κ2) is 14.4. The molecule has 1 amide bonds. The Morgan fingerprint density at radius 1 is 1.00 bits per heavy atom. The molecule has 2 aliphatic rings. The van der Waals surface area contributed by atoms with E-state index >= 15 is 0 Å². The number of hydrogen-bond donors (Lipinski definition) is 2. The molecule has 2 unspecified atom stereocenters. The van der Waals surface area contributed by atoms with E-state index in [0.29, 0.717) is 30.1 Å². The summed E-state index contributed by atoms with van der Waals surface area (Å²) in [5.74, 6) is -2.51. The maximum absolute atomic E-state index is 12.8. The fraction of sp³-hybridized carbons (Fsp3) is 0.370. The van der Waals surface area contributed by atoms with E-state index in [-0.39, 0.29) is 18.2 Å². The predicted octanol–water partition coefficient (Wildman–Crippen LogP) is 3.88. The third kappa shape index (κ3) is 9.20. The molecule has 2 saturated heterocycles. The Morgan fingerprint density at radius 3 is 2.24 bits per heavy atom. The summed E-state index contributed by atoms with van der Waals surface area (Å²) in [6.07, 6.45) is 2.20. The van der Waals surface area contributed by atoms with Crippen LogP contribution in [-0.2, 0) is 25.5 Å². The number of carbonyl (C=O) groups is 3. The van der Waals surface area contributed by atoms with E-state index in [1.165, 1.54) is 0 Å². The van der Waals surface area contributed by atoms with Crippen LogP contribution in [-0.4, -0.2) is 83.5 Å². The Labute approximate surface area is 220 Å². The van der Waals surface area contributed by atoms with Gasteiger partial charge in [0.05, 0.1) is 25.8 Å². The molecular weight excluding hydrogens is 500 g/mol. The normalized spacial score (nSPS) is 18.7. The summed E-state index contributed by atoms with van der Waals surface area (Å²) >= 11 is 6.30. The summed E-state index contributed by atoms with van der Waals surface area (Å²) in [4.78, 5) is 36.2. The van der Waals surface area contributed by atoms with Crippen molar-refractivity contribution in [3.05, 3.63) is 82.9 Å². The number of morpholine rings is 1. The van der Waals surface area contributed by atoms with Gasteiger partial charge in [0.2, 0.25) is 0 Å². The fourth-order valence-corrected chi connectivity index (χ4v) is 4.47. The summed E-state index contributed by atoms with van der Waals surface area (Å²) in [5, 5.41) is 16.3. The lowest BCUT2D eigenvalue weighted by Crippen LogP contribution is -2.39. The Bertz CT molecular complexity index is 1060. The number of ether oxygens (including phenoxy) is 2. The summed E-state index contributed by atoms with van der Waals surface area (Å²) in [6, 6.07) is 18.0. The van der Waals surface area contributed by atoms with Crippen molar-refractivity contribution in [3.63, 3.8) is 0 Å². The topological polar surface area (TPSA) is 117 Å². The van der Waals surface area contributed by atoms with Crippen LogP contribution in [0, 0.1) is 0 Å². The number of halogens is 1. The quantitative estimate of drug-likeness (QED) is 0.469. The molecule has 9 nitrogen and oxygen atoms in total. The van der Waals surface area contributed by atoms with Gasteiger partial charge in [-0.1, -0.05) is 60.1 Å². The molecule has 2 atom stereocenters. The molecule has 2 aromatic carbocycles. The highest BCUT2D eigenvalue weighted by atomic mass is 35.5. The molecule has 0 bridgehead atoms. The molecule has 2 fully saturated rings. The van der Waals surface area contributed by atoms with Crippen LogP contribution >= 0.6 is 11.6 Å². The van der Waals surface area contributed by atoms with Gasteiger partial charge in [0, 0.05) is 43.2 Å². The van der Waals surface area contributed by atoms with E-state index in [4.69, 9.17) is 31.3 Å². The zero-order chi connectivity index (χ0) is 26.6. The molecule has 2 aromatic rings. The van der Waals surface area contributed by atoms with Gasteiger partial charge >= 0.3 is 18.0 Å². The summed E-state index contributed by atoms with van der Waals surface area (Å²) in [7, 11) is 0. The maximum Gasteiger partial charge on any atom is 0.410 e. The minimum Gasteiger partial charge on any atom is -0.478 e. The molecule has 198 valence electrons. The Balaban J connectivity index is 0.000000414. The number of carbonyl (C=O) groups excluding carboxylic acids is 1.